The highest BCUT2D eigenvalue weighted by molar-refractivity contribution is 7.86. The van der Waals surface area contributed by atoms with Gasteiger partial charge in [-0.25, -0.2) is 4.79 Å². The van der Waals surface area contributed by atoms with E-state index in [4.69, 9.17) is 0 Å². The van der Waals surface area contributed by atoms with Gasteiger partial charge in [-0.3, -0.25) is 9.35 Å². The number of hydrogen-bond donors (Lipinski definition) is 5. The molecule has 1 aromatic heterocycles. The standard InChI is InChI=1S/C25H19N5O6S/c1-13-6-8-19(21(10-13)37(34,35)36)29-30-22-16-5-3-2-4-14(16)11-17(23(22)31)24(32)26-15-7-9-18-20(12-15)28-25(33)27-18/h2-12,31H,1H3,(H,26,32)(H2,27,28,33)(H,34,35,36)/b30-29+. The number of phenols is 1. The number of phenolic OH excluding ortho intramolecular Hbond substituents is 1. The number of H-pyrrole nitrogens is 2. The SMILES string of the molecule is Cc1ccc(/N=N/c2c(O)c(C(=O)Nc3ccc4[nH]c(=O)[nH]c4c3)cc3ccccc23)c(S(=O)(=O)O)c1. The maximum absolute atomic E-state index is 13.1. The number of hydrogen-bond acceptors (Lipinski definition) is 7. The van der Waals surface area contributed by atoms with E-state index >= 15 is 0 Å². The number of benzene rings is 4. The van der Waals surface area contributed by atoms with Gasteiger partial charge < -0.3 is 20.4 Å². The minimum absolute atomic E-state index is 0.0597. The third kappa shape index (κ3) is 4.70. The molecule has 5 aromatic rings. The summed E-state index contributed by atoms with van der Waals surface area (Å²) in [5, 5.41) is 22.8. The normalized spacial score (nSPS) is 11.9. The molecule has 0 bridgehead atoms. The van der Waals surface area contributed by atoms with Gasteiger partial charge in [0, 0.05) is 11.1 Å². The molecule has 186 valence electrons. The van der Waals surface area contributed by atoms with E-state index in [1.165, 1.54) is 18.2 Å². The topological polar surface area (TPSA) is 177 Å². The van der Waals surface area contributed by atoms with Crippen LogP contribution >= 0.6 is 0 Å². The van der Waals surface area contributed by atoms with Crippen molar-refractivity contribution in [3.05, 3.63) is 88.3 Å². The second-order valence-corrected chi connectivity index (χ2v) is 9.67. The Labute approximate surface area is 209 Å². The van der Waals surface area contributed by atoms with Crippen LogP contribution < -0.4 is 11.0 Å². The molecule has 0 aliphatic carbocycles. The number of nitrogens with one attached hydrogen (secondary N) is 3. The minimum Gasteiger partial charge on any atom is -0.505 e. The Kier molecular flexibility index (Phi) is 5.82. The summed E-state index contributed by atoms with van der Waals surface area (Å²) in [6.45, 7) is 1.66. The maximum Gasteiger partial charge on any atom is 0.323 e. The molecule has 0 unspecified atom stereocenters. The van der Waals surface area contributed by atoms with E-state index in [2.05, 4.69) is 25.5 Å². The molecule has 0 fully saturated rings. The van der Waals surface area contributed by atoms with Crippen molar-refractivity contribution in [3.8, 4) is 5.75 Å². The molecule has 37 heavy (non-hydrogen) atoms. The van der Waals surface area contributed by atoms with Crippen LogP contribution in [0.25, 0.3) is 21.8 Å². The molecule has 5 N–H and O–H groups in total. The summed E-state index contributed by atoms with van der Waals surface area (Å²) in [4.78, 5) is 29.4. The van der Waals surface area contributed by atoms with Gasteiger partial charge in [0.25, 0.3) is 16.0 Å². The van der Waals surface area contributed by atoms with Crippen LogP contribution in [0.2, 0.25) is 0 Å². The Balaban J connectivity index is 1.58. The van der Waals surface area contributed by atoms with E-state index in [0.29, 0.717) is 33.1 Å². The first-order valence-corrected chi connectivity index (χ1v) is 12.3. The summed E-state index contributed by atoms with van der Waals surface area (Å²) in [7, 11) is -4.59. The molecule has 0 saturated heterocycles. The summed E-state index contributed by atoms with van der Waals surface area (Å²) in [6.07, 6.45) is 0. The van der Waals surface area contributed by atoms with Crippen LogP contribution in [0.4, 0.5) is 17.1 Å². The quantitative estimate of drug-likeness (QED) is 0.163. The number of imidazole rings is 1. The summed E-state index contributed by atoms with van der Waals surface area (Å²) < 4.78 is 33.2. The van der Waals surface area contributed by atoms with Gasteiger partial charge in [0.15, 0.2) is 5.75 Å². The molecule has 1 amide bonds. The van der Waals surface area contributed by atoms with Crippen molar-refractivity contribution in [3.63, 3.8) is 0 Å². The smallest absolute Gasteiger partial charge is 0.323 e. The van der Waals surface area contributed by atoms with Crippen molar-refractivity contribution in [1.29, 1.82) is 0 Å². The Bertz CT molecular complexity index is 1910. The molecule has 11 nitrogen and oxygen atoms in total. The van der Waals surface area contributed by atoms with E-state index in [-0.39, 0.29) is 22.6 Å². The Morgan fingerprint density at radius 3 is 2.49 bits per heavy atom. The number of azo groups is 1. The van der Waals surface area contributed by atoms with Crippen LogP contribution in [0.1, 0.15) is 15.9 Å². The number of nitrogens with zero attached hydrogens (tertiary/aromatic N) is 2. The fourth-order valence-electron chi connectivity index (χ4n) is 3.91. The van der Waals surface area contributed by atoms with E-state index in [0.717, 1.165) is 0 Å². The van der Waals surface area contributed by atoms with E-state index in [9.17, 15) is 27.7 Å². The maximum atomic E-state index is 13.1. The first-order chi connectivity index (χ1) is 17.6. The number of carbonyl (C=O) groups excluding carboxylic acids is 1. The lowest BCUT2D eigenvalue weighted by Gasteiger charge is -2.11. The largest absolute Gasteiger partial charge is 0.505 e. The zero-order valence-electron chi connectivity index (χ0n) is 19.2. The Hall–Kier alpha value is -4.81. The molecule has 0 aliphatic heterocycles. The van der Waals surface area contributed by atoms with Crippen molar-refractivity contribution in [2.75, 3.05) is 5.32 Å². The van der Waals surface area contributed by atoms with Gasteiger partial charge in [0.1, 0.15) is 16.3 Å². The number of fused-ring (bicyclic) bond motifs is 2. The first-order valence-electron chi connectivity index (χ1n) is 10.9. The Morgan fingerprint density at radius 1 is 0.946 bits per heavy atom. The number of aromatic nitrogens is 2. The number of amides is 1. The van der Waals surface area contributed by atoms with E-state index < -0.39 is 26.7 Å². The molecule has 1 heterocycles. The lowest BCUT2D eigenvalue weighted by Crippen LogP contribution is -2.12. The van der Waals surface area contributed by atoms with Crippen molar-refractivity contribution < 1.29 is 22.9 Å². The van der Waals surface area contributed by atoms with Crippen LogP contribution in [-0.4, -0.2) is 34.0 Å². The summed E-state index contributed by atoms with van der Waals surface area (Å²) in [5.41, 5.74) is 1.34. The number of aromatic amines is 2. The monoisotopic (exact) mass is 517 g/mol. The van der Waals surface area contributed by atoms with E-state index in [1.54, 1.807) is 55.5 Å². The second-order valence-electron chi connectivity index (χ2n) is 8.28. The highest BCUT2D eigenvalue weighted by atomic mass is 32.2. The van der Waals surface area contributed by atoms with Crippen molar-refractivity contribution in [1.82, 2.24) is 9.97 Å². The first kappa shape index (κ1) is 23.9. The molecule has 12 heteroatoms. The molecule has 0 aliphatic rings. The third-order valence-corrected chi connectivity index (χ3v) is 6.55. The average molecular weight is 518 g/mol. The van der Waals surface area contributed by atoms with Gasteiger partial charge in [-0.2, -0.15) is 8.42 Å². The van der Waals surface area contributed by atoms with Gasteiger partial charge >= 0.3 is 5.69 Å². The predicted molar refractivity (Wildman–Crippen MR) is 138 cm³/mol. The summed E-state index contributed by atoms with van der Waals surface area (Å²) in [6, 6.07) is 17.3. The summed E-state index contributed by atoms with van der Waals surface area (Å²) in [5.74, 6) is -1.12. The van der Waals surface area contributed by atoms with Crippen LogP contribution in [-0.2, 0) is 10.1 Å². The highest BCUT2D eigenvalue weighted by Crippen LogP contribution is 2.40. The fraction of sp³-hybridized carbons (Fsp3) is 0.0400. The molecule has 4 aromatic carbocycles. The molecular formula is C25H19N5O6S. The number of rotatable bonds is 5. The summed E-state index contributed by atoms with van der Waals surface area (Å²) >= 11 is 0. The molecule has 0 radical (unpaired) electrons. The van der Waals surface area contributed by atoms with Crippen molar-refractivity contribution in [2.45, 2.75) is 11.8 Å². The lowest BCUT2D eigenvalue weighted by molar-refractivity contribution is 0.102. The van der Waals surface area contributed by atoms with Crippen LogP contribution in [0.3, 0.4) is 0 Å². The molecular weight excluding hydrogens is 498 g/mol. The highest BCUT2D eigenvalue weighted by Gasteiger charge is 2.20. The van der Waals surface area contributed by atoms with Gasteiger partial charge in [-0.15, -0.1) is 10.2 Å². The Morgan fingerprint density at radius 2 is 1.70 bits per heavy atom. The van der Waals surface area contributed by atoms with Crippen molar-refractivity contribution in [2.24, 2.45) is 10.2 Å². The van der Waals surface area contributed by atoms with Gasteiger partial charge in [-0.05, 0) is 54.3 Å². The van der Waals surface area contributed by atoms with Gasteiger partial charge in [0.2, 0.25) is 0 Å². The number of carbonyl (C=O) groups is 1. The van der Waals surface area contributed by atoms with Crippen LogP contribution in [0.15, 0.2) is 86.6 Å². The average Bonchev–Trinajstić information content (AvgIpc) is 3.22. The zero-order chi connectivity index (χ0) is 26.3. The van der Waals surface area contributed by atoms with E-state index in [1.807, 2.05) is 0 Å². The van der Waals surface area contributed by atoms with Crippen LogP contribution in [0, 0.1) is 6.92 Å². The lowest BCUT2D eigenvalue weighted by atomic mass is 10.0. The molecule has 0 saturated carbocycles. The molecule has 5 rings (SSSR count). The zero-order valence-corrected chi connectivity index (χ0v) is 20.0. The minimum atomic E-state index is -4.59. The number of aromatic hydroxyl groups is 1. The third-order valence-electron chi connectivity index (χ3n) is 5.66. The van der Waals surface area contributed by atoms with Gasteiger partial charge in [-0.1, -0.05) is 30.3 Å². The molecule has 0 atom stereocenters. The fourth-order valence-corrected chi connectivity index (χ4v) is 4.62. The predicted octanol–water partition coefficient (Wildman–Crippen LogP) is 4.94. The van der Waals surface area contributed by atoms with Crippen molar-refractivity contribution >= 4 is 54.9 Å². The molecule has 0 spiro atoms. The second kappa shape index (κ2) is 9.00. The van der Waals surface area contributed by atoms with Gasteiger partial charge in [0.05, 0.1) is 16.6 Å². The van der Waals surface area contributed by atoms with Crippen LogP contribution in [0.5, 0.6) is 5.75 Å². The number of anilines is 1. The number of aryl methyl sites for hydroxylation is 1.